The second kappa shape index (κ2) is 3.87. The highest BCUT2D eigenvalue weighted by molar-refractivity contribution is 5.94. The molecule has 80 valence electrons. The van der Waals surface area contributed by atoms with Gasteiger partial charge in [-0.15, -0.1) is 0 Å². The van der Waals surface area contributed by atoms with Crippen molar-refractivity contribution in [1.29, 1.82) is 0 Å². The highest BCUT2D eigenvalue weighted by Crippen LogP contribution is 2.37. The van der Waals surface area contributed by atoms with Crippen molar-refractivity contribution >= 4 is 11.9 Å². The van der Waals surface area contributed by atoms with Gasteiger partial charge in [0.15, 0.2) is 0 Å². The highest BCUT2D eigenvalue weighted by Gasteiger charge is 2.45. The molecular weight excluding hydrogens is 196 g/mol. The molecule has 0 atom stereocenters. The Labute approximate surface area is 79.0 Å². The molecule has 0 saturated heterocycles. The Kier molecular flexibility index (Phi) is 3.00. The number of rotatable bonds is 3. The summed E-state index contributed by atoms with van der Waals surface area (Å²) in [6.45, 7) is -0.177. The van der Waals surface area contributed by atoms with E-state index in [0.29, 0.717) is 0 Å². The molecule has 0 aromatic rings. The van der Waals surface area contributed by atoms with Crippen LogP contribution in [-0.4, -0.2) is 30.4 Å². The number of amides is 3. The molecule has 0 bridgehead atoms. The fourth-order valence-corrected chi connectivity index (χ4v) is 1.22. The molecule has 4 N–H and O–H groups in total. The fraction of sp³-hybridized carbons (Fsp3) is 0.714. The molecule has 0 unspecified atom stereocenters. The van der Waals surface area contributed by atoms with Crippen LogP contribution in [0.25, 0.3) is 0 Å². The maximum Gasteiger partial charge on any atom is 0.318 e. The third-order valence-corrected chi connectivity index (χ3v) is 1.90. The summed E-state index contributed by atoms with van der Waals surface area (Å²) in [6.07, 6.45) is -0.534. The van der Waals surface area contributed by atoms with E-state index in [2.05, 4.69) is 11.1 Å². The molecule has 1 fully saturated rings. The van der Waals surface area contributed by atoms with Crippen molar-refractivity contribution in [2.24, 2.45) is 5.73 Å². The topological polar surface area (TPSA) is 84.2 Å². The lowest BCUT2D eigenvalue weighted by Gasteiger charge is -2.35. The number of urea groups is 1. The van der Waals surface area contributed by atoms with Gasteiger partial charge in [-0.1, -0.05) is 0 Å². The summed E-state index contributed by atoms with van der Waals surface area (Å²) in [5, 5.41) is 4.40. The van der Waals surface area contributed by atoms with Crippen molar-refractivity contribution in [3.8, 4) is 0 Å². The Morgan fingerprint density at radius 3 is 2.43 bits per heavy atom. The fourth-order valence-electron chi connectivity index (χ4n) is 1.22. The second-order valence-electron chi connectivity index (χ2n) is 3.25. The first-order chi connectivity index (χ1) is 6.39. The molecule has 1 rings (SSSR count). The van der Waals surface area contributed by atoms with Gasteiger partial charge in [0.2, 0.25) is 5.91 Å². The Morgan fingerprint density at radius 1 is 1.43 bits per heavy atom. The predicted molar refractivity (Wildman–Crippen MR) is 43.7 cm³/mol. The van der Waals surface area contributed by atoms with E-state index in [1.807, 2.05) is 5.32 Å². The van der Waals surface area contributed by atoms with E-state index in [9.17, 15) is 18.4 Å². The van der Waals surface area contributed by atoms with Crippen LogP contribution in [0.2, 0.25) is 0 Å². The predicted octanol–water partition coefficient (Wildman–Crippen LogP) is -0.431. The van der Waals surface area contributed by atoms with Crippen molar-refractivity contribution in [3.05, 3.63) is 0 Å². The summed E-state index contributed by atoms with van der Waals surface area (Å²) in [7, 11) is 0. The van der Waals surface area contributed by atoms with E-state index in [1.54, 1.807) is 0 Å². The third-order valence-electron chi connectivity index (χ3n) is 1.90. The van der Waals surface area contributed by atoms with E-state index in [4.69, 9.17) is 0 Å². The number of alkyl halides is 2. The molecule has 3 amide bonds. The molecule has 0 heterocycles. The first-order valence-corrected chi connectivity index (χ1v) is 4.09. The van der Waals surface area contributed by atoms with E-state index < -0.39 is 17.9 Å². The van der Waals surface area contributed by atoms with Crippen LogP contribution in [0.3, 0.4) is 0 Å². The lowest BCUT2D eigenvalue weighted by molar-refractivity contribution is -0.121. The standard InChI is InChI=1S/C7H11F2N3O2/c8-7(9)1-4(2-7)11-3-5(13)12-6(10)14/h4,11H,1-3H2,(H3,10,12,13,14). The summed E-state index contributed by atoms with van der Waals surface area (Å²) >= 11 is 0. The van der Waals surface area contributed by atoms with Crippen molar-refractivity contribution in [1.82, 2.24) is 10.6 Å². The SMILES string of the molecule is NC(=O)NC(=O)CNC1CC(F)(F)C1. The molecule has 0 aliphatic heterocycles. The Morgan fingerprint density at radius 2 is 2.00 bits per heavy atom. The molecule has 0 aromatic heterocycles. The van der Waals surface area contributed by atoms with Crippen LogP contribution < -0.4 is 16.4 Å². The van der Waals surface area contributed by atoms with Gasteiger partial charge in [0.25, 0.3) is 5.92 Å². The van der Waals surface area contributed by atoms with Crippen LogP contribution in [0, 0.1) is 0 Å². The number of carbonyl (C=O) groups is 2. The first-order valence-electron chi connectivity index (χ1n) is 4.09. The van der Waals surface area contributed by atoms with Crippen molar-refractivity contribution in [2.75, 3.05) is 6.54 Å². The quantitative estimate of drug-likeness (QED) is 0.587. The lowest BCUT2D eigenvalue weighted by atomic mass is 9.88. The van der Waals surface area contributed by atoms with Crippen LogP contribution >= 0.6 is 0 Å². The first kappa shape index (κ1) is 10.8. The van der Waals surface area contributed by atoms with Gasteiger partial charge in [0, 0.05) is 18.9 Å². The van der Waals surface area contributed by atoms with Crippen LogP contribution in [0.15, 0.2) is 0 Å². The smallest absolute Gasteiger partial charge is 0.318 e. The second-order valence-corrected chi connectivity index (χ2v) is 3.25. The number of primary amides is 1. The summed E-state index contributed by atoms with van der Waals surface area (Å²) in [5.74, 6) is -3.23. The van der Waals surface area contributed by atoms with Gasteiger partial charge >= 0.3 is 6.03 Å². The number of nitrogens with one attached hydrogen (secondary N) is 2. The van der Waals surface area contributed by atoms with Crippen LogP contribution in [0.1, 0.15) is 12.8 Å². The zero-order valence-corrected chi connectivity index (χ0v) is 7.35. The maximum absolute atomic E-state index is 12.3. The average molecular weight is 207 g/mol. The van der Waals surface area contributed by atoms with Crippen molar-refractivity contribution in [2.45, 2.75) is 24.8 Å². The molecule has 5 nitrogen and oxygen atoms in total. The summed E-state index contributed by atoms with van der Waals surface area (Å²) in [4.78, 5) is 21.0. The molecule has 1 saturated carbocycles. The molecule has 7 heteroatoms. The van der Waals surface area contributed by atoms with Gasteiger partial charge in [-0.25, -0.2) is 13.6 Å². The zero-order valence-electron chi connectivity index (χ0n) is 7.35. The summed E-state index contributed by atoms with van der Waals surface area (Å²) in [6, 6.07) is -1.31. The van der Waals surface area contributed by atoms with Crippen molar-refractivity contribution < 1.29 is 18.4 Å². The van der Waals surface area contributed by atoms with E-state index in [0.717, 1.165) is 0 Å². The summed E-state index contributed by atoms with van der Waals surface area (Å²) in [5.41, 5.74) is 4.67. The number of imide groups is 1. The number of hydrogen-bond donors (Lipinski definition) is 3. The normalized spacial score (nSPS) is 19.9. The minimum atomic E-state index is -2.61. The van der Waals surface area contributed by atoms with Gasteiger partial charge in [-0.2, -0.15) is 0 Å². The average Bonchev–Trinajstić information content (AvgIpc) is 1.95. The molecule has 1 aliphatic carbocycles. The van der Waals surface area contributed by atoms with E-state index in [-0.39, 0.29) is 25.4 Å². The van der Waals surface area contributed by atoms with Crippen molar-refractivity contribution in [3.63, 3.8) is 0 Å². The molecule has 0 radical (unpaired) electrons. The Hall–Kier alpha value is -1.24. The van der Waals surface area contributed by atoms with E-state index >= 15 is 0 Å². The summed E-state index contributed by atoms with van der Waals surface area (Å²) < 4.78 is 24.6. The van der Waals surface area contributed by atoms with Gasteiger partial charge in [0.05, 0.1) is 6.54 Å². The van der Waals surface area contributed by atoms with Crippen LogP contribution in [-0.2, 0) is 4.79 Å². The van der Waals surface area contributed by atoms with Crippen LogP contribution in [0.4, 0.5) is 13.6 Å². The van der Waals surface area contributed by atoms with Crippen LogP contribution in [0.5, 0.6) is 0 Å². The van der Waals surface area contributed by atoms with Gasteiger partial charge < -0.3 is 11.1 Å². The number of halogens is 2. The number of carbonyl (C=O) groups excluding carboxylic acids is 2. The van der Waals surface area contributed by atoms with Gasteiger partial charge in [-0.05, 0) is 0 Å². The van der Waals surface area contributed by atoms with Gasteiger partial charge in [-0.3, -0.25) is 10.1 Å². The Bertz CT molecular complexity index is 249. The maximum atomic E-state index is 12.3. The Balaban J connectivity index is 2.11. The molecule has 0 aromatic carbocycles. The van der Waals surface area contributed by atoms with E-state index in [1.165, 1.54) is 0 Å². The highest BCUT2D eigenvalue weighted by atomic mass is 19.3. The largest absolute Gasteiger partial charge is 0.351 e. The number of hydrogen-bond acceptors (Lipinski definition) is 3. The zero-order chi connectivity index (χ0) is 10.8. The van der Waals surface area contributed by atoms with Gasteiger partial charge in [0.1, 0.15) is 0 Å². The minimum Gasteiger partial charge on any atom is -0.351 e. The third kappa shape index (κ3) is 3.25. The molecule has 1 aliphatic rings. The minimum absolute atomic E-state index is 0.177. The monoisotopic (exact) mass is 207 g/mol. The number of nitrogens with two attached hydrogens (primary N) is 1. The molecule has 0 spiro atoms. The molecular formula is C7H11F2N3O2. The molecule has 14 heavy (non-hydrogen) atoms. The lowest BCUT2D eigenvalue weighted by Crippen LogP contribution is -2.51.